The number of anilines is 1. The predicted octanol–water partition coefficient (Wildman–Crippen LogP) is 6.08. The molecule has 2 aliphatic heterocycles. The van der Waals surface area contributed by atoms with Crippen molar-refractivity contribution in [2.45, 2.75) is 63.2 Å². The van der Waals surface area contributed by atoms with E-state index in [1.54, 1.807) is 19.2 Å². The molecular formula is C31H24F6N2O7S. The van der Waals surface area contributed by atoms with E-state index in [2.05, 4.69) is 0 Å². The molecule has 2 aliphatic rings. The van der Waals surface area contributed by atoms with Gasteiger partial charge in [-0.3, -0.25) is 29.0 Å². The molecule has 0 spiro atoms. The van der Waals surface area contributed by atoms with Crippen LogP contribution in [0.2, 0.25) is 0 Å². The first-order valence-corrected chi connectivity index (χ1v) is 15.2. The topological polar surface area (TPSA) is 138 Å². The van der Waals surface area contributed by atoms with Crippen LogP contribution in [-0.4, -0.2) is 49.0 Å². The number of imide groups is 2. The molecule has 248 valence electrons. The number of hydrogen-bond acceptors (Lipinski definition) is 6. The first-order valence-electron chi connectivity index (χ1n) is 13.8. The van der Waals surface area contributed by atoms with Crippen LogP contribution >= 0.6 is 0 Å². The first kappa shape index (κ1) is 33.8. The van der Waals surface area contributed by atoms with E-state index in [1.807, 2.05) is 0 Å². The lowest BCUT2D eigenvalue weighted by molar-refractivity contribution is -0.288. The van der Waals surface area contributed by atoms with Crippen molar-refractivity contribution in [2.75, 3.05) is 4.90 Å². The zero-order valence-electron chi connectivity index (χ0n) is 25.1. The molecule has 2 heterocycles. The molecular weight excluding hydrogens is 658 g/mol. The summed E-state index contributed by atoms with van der Waals surface area (Å²) in [6.45, 7) is 7.40. The van der Waals surface area contributed by atoms with Crippen molar-refractivity contribution in [1.82, 2.24) is 5.32 Å². The minimum Gasteiger partial charge on any atom is -0.288 e. The molecule has 4 amide bonds. The zero-order chi connectivity index (χ0) is 35.3. The largest absolute Gasteiger partial charge is 0.411 e. The second kappa shape index (κ2) is 10.5. The first-order chi connectivity index (χ1) is 21.5. The van der Waals surface area contributed by atoms with Crippen LogP contribution in [0.1, 0.15) is 94.6 Å². The Kier molecular flexibility index (Phi) is 7.52. The number of carbonyl (C=O) groups is 4. The molecule has 3 aromatic rings. The molecule has 0 atom stereocenters. The summed E-state index contributed by atoms with van der Waals surface area (Å²) in [5.41, 5.74) is -10.2. The van der Waals surface area contributed by atoms with E-state index < -0.39 is 95.7 Å². The molecule has 0 saturated heterocycles. The van der Waals surface area contributed by atoms with Crippen molar-refractivity contribution < 1.29 is 58.5 Å². The maximum absolute atomic E-state index is 14.9. The van der Waals surface area contributed by atoms with Gasteiger partial charge >= 0.3 is 12.4 Å². The molecule has 0 bridgehead atoms. The lowest BCUT2D eigenvalue weighted by atomic mass is 9.71. The summed E-state index contributed by atoms with van der Waals surface area (Å²) in [7, 11) is -4.94. The molecule has 9 nitrogen and oxygen atoms in total. The number of nitrogens with one attached hydrogen (secondary N) is 1. The summed E-state index contributed by atoms with van der Waals surface area (Å²) in [6, 6.07) is 2.70. The number of rotatable bonds is 5. The number of hydrogen-bond donors (Lipinski definition) is 2. The zero-order valence-corrected chi connectivity index (χ0v) is 25.9. The maximum atomic E-state index is 14.9. The van der Waals surface area contributed by atoms with Crippen LogP contribution in [0.25, 0.3) is 0 Å². The van der Waals surface area contributed by atoms with E-state index in [0.717, 1.165) is 0 Å². The molecule has 2 N–H and O–H groups in total. The fourth-order valence-corrected chi connectivity index (χ4v) is 7.83. The highest BCUT2D eigenvalue weighted by molar-refractivity contribution is 7.86. The number of benzene rings is 3. The molecule has 0 aliphatic carbocycles. The van der Waals surface area contributed by atoms with Gasteiger partial charge in [0.1, 0.15) is 4.90 Å². The standard InChI is InChI=1S/C31H24F6N2O7S/c1-12(2)22-13(3)23(15(5)24(14(22)4)47(44,45)46)39-27(42)19-9-7-17(11-21(19)28(39)43)29(30(32,33)34,31(35,36)37)16-6-8-18-20(10-16)26(41)38-25(18)40/h6-12H,1-5H3,(H,38,40,41)(H,44,45,46). The van der Waals surface area contributed by atoms with Gasteiger partial charge in [-0.25, -0.2) is 4.90 Å². The van der Waals surface area contributed by atoms with Gasteiger partial charge in [0, 0.05) is 0 Å². The van der Waals surface area contributed by atoms with Gasteiger partial charge in [-0.15, -0.1) is 0 Å². The third kappa shape index (κ3) is 4.67. The van der Waals surface area contributed by atoms with Crippen LogP contribution in [0.5, 0.6) is 0 Å². The summed E-state index contributed by atoms with van der Waals surface area (Å²) >= 11 is 0. The van der Waals surface area contributed by atoms with E-state index in [1.165, 1.54) is 20.8 Å². The van der Waals surface area contributed by atoms with Gasteiger partial charge in [-0.1, -0.05) is 26.0 Å². The van der Waals surface area contributed by atoms with Crippen LogP contribution in [0.3, 0.4) is 0 Å². The minimum atomic E-state index is -6.14. The lowest BCUT2D eigenvalue weighted by Gasteiger charge is -2.38. The van der Waals surface area contributed by atoms with Crippen LogP contribution in [-0.2, 0) is 15.5 Å². The summed E-state index contributed by atoms with van der Waals surface area (Å²) in [4.78, 5) is 51.5. The number of amides is 4. The summed E-state index contributed by atoms with van der Waals surface area (Å²) < 4.78 is 124. The molecule has 47 heavy (non-hydrogen) atoms. The van der Waals surface area contributed by atoms with Crippen molar-refractivity contribution in [2.24, 2.45) is 0 Å². The van der Waals surface area contributed by atoms with Crippen molar-refractivity contribution in [3.8, 4) is 0 Å². The van der Waals surface area contributed by atoms with E-state index in [-0.39, 0.29) is 22.4 Å². The minimum absolute atomic E-state index is 0.130. The Morgan fingerprint density at radius 3 is 1.66 bits per heavy atom. The Morgan fingerprint density at radius 1 is 0.702 bits per heavy atom. The number of fused-ring (bicyclic) bond motifs is 2. The Bertz CT molecular complexity index is 2050. The Hall–Kier alpha value is -4.57. The van der Waals surface area contributed by atoms with Gasteiger partial charge in [-0.2, -0.15) is 34.8 Å². The van der Waals surface area contributed by atoms with E-state index >= 15 is 0 Å². The van der Waals surface area contributed by atoms with Gasteiger partial charge in [0.15, 0.2) is 0 Å². The number of alkyl halides is 6. The Balaban J connectivity index is 1.78. The predicted molar refractivity (Wildman–Crippen MR) is 153 cm³/mol. The molecule has 0 radical (unpaired) electrons. The highest BCUT2D eigenvalue weighted by atomic mass is 32.2. The average molecular weight is 683 g/mol. The van der Waals surface area contributed by atoms with Gasteiger partial charge in [-0.05, 0) is 84.3 Å². The fourth-order valence-electron chi connectivity index (χ4n) is 6.85. The van der Waals surface area contributed by atoms with Crippen molar-refractivity contribution in [1.29, 1.82) is 0 Å². The van der Waals surface area contributed by atoms with Crippen molar-refractivity contribution >= 4 is 39.4 Å². The monoisotopic (exact) mass is 682 g/mol. The quantitative estimate of drug-likeness (QED) is 0.189. The molecule has 0 fully saturated rings. The summed E-state index contributed by atoms with van der Waals surface area (Å²) in [5, 5.41) is 1.80. The van der Waals surface area contributed by atoms with Gasteiger partial charge < -0.3 is 0 Å². The Morgan fingerprint density at radius 2 is 1.17 bits per heavy atom. The van der Waals surface area contributed by atoms with Crippen molar-refractivity contribution in [3.05, 3.63) is 92.0 Å². The highest BCUT2D eigenvalue weighted by Crippen LogP contribution is 2.57. The van der Waals surface area contributed by atoms with Gasteiger partial charge in [0.2, 0.25) is 5.41 Å². The van der Waals surface area contributed by atoms with Crippen LogP contribution in [0, 0.1) is 20.8 Å². The molecule has 5 rings (SSSR count). The second-order valence-electron chi connectivity index (χ2n) is 11.6. The van der Waals surface area contributed by atoms with Crippen LogP contribution in [0.15, 0.2) is 41.3 Å². The SMILES string of the molecule is Cc1c(C(C)C)c(C)c(S(=O)(=O)O)c(C)c1N1C(=O)c2ccc(C(c3ccc4c(c3)C(=O)NC4=O)(C(F)(F)F)C(F)(F)F)cc2C1=O. The van der Waals surface area contributed by atoms with E-state index in [0.29, 0.717) is 46.9 Å². The molecule has 3 aromatic carbocycles. The lowest BCUT2D eigenvalue weighted by Crippen LogP contribution is -2.55. The van der Waals surface area contributed by atoms with E-state index in [4.69, 9.17) is 0 Å². The maximum Gasteiger partial charge on any atom is 0.411 e. The van der Waals surface area contributed by atoms with Gasteiger partial charge in [0.25, 0.3) is 33.7 Å². The van der Waals surface area contributed by atoms with Crippen LogP contribution < -0.4 is 10.2 Å². The van der Waals surface area contributed by atoms with Gasteiger partial charge in [0.05, 0.1) is 27.9 Å². The number of nitrogens with zero attached hydrogens (tertiary/aromatic N) is 1. The number of halogens is 6. The number of carbonyl (C=O) groups excluding carboxylic acids is 4. The van der Waals surface area contributed by atoms with E-state index in [9.17, 15) is 58.5 Å². The normalized spacial score (nSPS) is 15.5. The summed E-state index contributed by atoms with van der Waals surface area (Å²) in [6.07, 6.45) is -12.3. The second-order valence-corrected chi connectivity index (χ2v) is 12.9. The molecule has 16 heteroatoms. The fraction of sp³-hybridized carbons (Fsp3) is 0.290. The average Bonchev–Trinajstić information content (AvgIpc) is 3.33. The van der Waals surface area contributed by atoms with Crippen LogP contribution in [0.4, 0.5) is 32.0 Å². The third-order valence-corrected chi connectivity index (χ3v) is 9.73. The third-order valence-electron chi connectivity index (χ3n) is 8.60. The molecule has 0 unspecified atom stereocenters. The Labute approximate surface area is 263 Å². The van der Waals surface area contributed by atoms with Crippen molar-refractivity contribution in [3.63, 3.8) is 0 Å². The smallest absolute Gasteiger partial charge is 0.288 e. The summed E-state index contributed by atoms with van der Waals surface area (Å²) in [5.74, 6) is -5.12. The molecule has 0 aromatic heterocycles. The highest BCUT2D eigenvalue weighted by Gasteiger charge is 2.73. The molecule has 0 saturated carbocycles.